The van der Waals surface area contributed by atoms with E-state index in [-0.39, 0.29) is 6.10 Å². The number of nitrogen functional groups attached to an aromatic ring is 1. The number of anilines is 3. The predicted octanol–water partition coefficient (Wildman–Crippen LogP) is 1.12. The van der Waals surface area contributed by atoms with Crippen LogP contribution in [0, 0.1) is 0 Å². The van der Waals surface area contributed by atoms with Gasteiger partial charge in [-0.15, -0.1) is 0 Å². The number of hydrogen-bond acceptors (Lipinski definition) is 7. The smallest absolute Gasteiger partial charge is 0.223 e. The minimum absolute atomic E-state index is 0.0661. The van der Waals surface area contributed by atoms with Gasteiger partial charge < -0.3 is 25.4 Å². The van der Waals surface area contributed by atoms with Crippen molar-refractivity contribution in [2.24, 2.45) is 0 Å². The Kier molecular flexibility index (Phi) is 6.01. The molecular weight excluding hydrogens is 270 g/mol. The van der Waals surface area contributed by atoms with Gasteiger partial charge in [-0.25, -0.2) is 0 Å². The van der Waals surface area contributed by atoms with Gasteiger partial charge in [0.05, 0.1) is 19.3 Å². The summed E-state index contributed by atoms with van der Waals surface area (Å²) in [7, 11) is 1.68. The molecule has 1 atom stereocenters. The Morgan fingerprint density at radius 2 is 2.38 bits per heavy atom. The van der Waals surface area contributed by atoms with E-state index in [4.69, 9.17) is 15.2 Å². The zero-order valence-electron chi connectivity index (χ0n) is 12.8. The first-order valence-electron chi connectivity index (χ1n) is 7.46. The average Bonchev–Trinajstić information content (AvgIpc) is 2.48. The fourth-order valence-electron chi connectivity index (χ4n) is 2.31. The molecule has 1 fully saturated rings. The molecule has 0 spiro atoms. The quantitative estimate of drug-likeness (QED) is 0.729. The Balaban J connectivity index is 2.04. The highest BCUT2D eigenvalue weighted by atomic mass is 16.5. The normalized spacial score (nSPS) is 18.8. The second-order valence-corrected chi connectivity index (χ2v) is 5.14. The molecule has 7 nitrogen and oxygen atoms in total. The molecule has 0 bridgehead atoms. The van der Waals surface area contributed by atoms with Crippen LogP contribution in [0.25, 0.3) is 0 Å². The van der Waals surface area contributed by atoms with Crippen molar-refractivity contribution in [2.45, 2.75) is 25.9 Å². The lowest BCUT2D eigenvalue weighted by Crippen LogP contribution is -2.44. The molecule has 21 heavy (non-hydrogen) atoms. The number of methoxy groups -OCH3 is 1. The van der Waals surface area contributed by atoms with Crippen molar-refractivity contribution in [3.63, 3.8) is 0 Å². The molecule has 1 aromatic rings. The lowest BCUT2D eigenvalue weighted by Gasteiger charge is -2.33. The first-order valence-corrected chi connectivity index (χ1v) is 7.46. The van der Waals surface area contributed by atoms with Crippen molar-refractivity contribution in [3.05, 3.63) is 6.07 Å². The van der Waals surface area contributed by atoms with Gasteiger partial charge in [0.2, 0.25) is 5.95 Å². The van der Waals surface area contributed by atoms with Gasteiger partial charge in [0.25, 0.3) is 0 Å². The third-order valence-corrected chi connectivity index (χ3v) is 3.38. The van der Waals surface area contributed by atoms with E-state index in [0.29, 0.717) is 19.2 Å². The Morgan fingerprint density at radius 3 is 3.14 bits per heavy atom. The van der Waals surface area contributed by atoms with Crippen LogP contribution in [-0.4, -0.2) is 56.0 Å². The number of aromatic nitrogens is 2. The zero-order valence-corrected chi connectivity index (χ0v) is 12.8. The van der Waals surface area contributed by atoms with Crippen molar-refractivity contribution in [2.75, 3.05) is 55.9 Å². The maximum atomic E-state index is 5.82. The largest absolute Gasteiger partial charge is 0.382 e. The van der Waals surface area contributed by atoms with Gasteiger partial charge in [-0.2, -0.15) is 9.97 Å². The van der Waals surface area contributed by atoms with Crippen LogP contribution in [0.4, 0.5) is 17.6 Å². The van der Waals surface area contributed by atoms with Crippen LogP contribution in [0.2, 0.25) is 0 Å². The lowest BCUT2D eigenvalue weighted by atomic mass is 10.3. The highest BCUT2D eigenvalue weighted by molar-refractivity contribution is 5.52. The second-order valence-electron chi connectivity index (χ2n) is 5.14. The van der Waals surface area contributed by atoms with Gasteiger partial charge in [-0.05, 0) is 6.42 Å². The van der Waals surface area contributed by atoms with E-state index in [1.54, 1.807) is 7.11 Å². The second kappa shape index (κ2) is 7.99. The van der Waals surface area contributed by atoms with Crippen molar-refractivity contribution in [3.8, 4) is 0 Å². The molecule has 1 saturated heterocycles. The summed E-state index contributed by atoms with van der Waals surface area (Å²) >= 11 is 0. The van der Waals surface area contributed by atoms with E-state index in [1.807, 2.05) is 6.07 Å². The predicted molar refractivity (Wildman–Crippen MR) is 83.7 cm³/mol. The molecule has 2 rings (SSSR count). The number of unbranched alkanes of at least 4 members (excludes halogenated alkanes) is 1. The Morgan fingerprint density at radius 1 is 1.52 bits per heavy atom. The van der Waals surface area contributed by atoms with Crippen molar-refractivity contribution < 1.29 is 9.47 Å². The van der Waals surface area contributed by atoms with Crippen LogP contribution in [-0.2, 0) is 9.47 Å². The molecule has 0 aliphatic carbocycles. The lowest BCUT2D eigenvalue weighted by molar-refractivity contribution is -0.0102. The van der Waals surface area contributed by atoms with Crippen molar-refractivity contribution in [1.29, 1.82) is 0 Å². The maximum Gasteiger partial charge on any atom is 0.223 e. The van der Waals surface area contributed by atoms with E-state index >= 15 is 0 Å². The summed E-state index contributed by atoms with van der Waals surface area (Å²) in [5.74, 6) is 1.91. The summed E-state index contributed by atoms with van der Waals surface area (Å²) in [5.41, 5.74) is 5.82. The SMILES string of the molecule is CCCCNc1cc(N2CCO[C@H](COC)C2)nc(N)n1. The summed E-state index contributed by atoms with van der Waals surface area (Å²) < 4.78 is 10.8. The average molecular weight is 295 g/mol. The highest BCUT2D eigenvalue weighted by Gasteiger charge is 2.22. The number of ether oxygens (including phenoxy) is 2. The number of morpholine rings is 1. The monoisotopic (exact) mass is 295 g/mol. The molecule has 1 aliphatic rings. The summed E-state index contributed by atoms with van der Waals surface area (Å²) in [6, 6.07) is 1.95. The Bertz CT molecular complexity index is 441. The van der Waals surface area contributed by atoms with Crippen molar-refractivity contribution >= 4 is 17.6 Å². The van der Waals surface area contributed by atoms with E-state index in [1.165, 1.54) is 0 Å². The molecule has 7 heteroatoms. The van der Waals surface area contributed by atoms with Gasteiger partial charge in [0, 0.05) is 32.8 Å². The number of nitrogens with one attached hydrogen (secondary N) is 1. The summed E-state index contributed by atoms with van der Waals surface area (Å²) in [6.07, 6.45) is 2.31. The fraction of sp³-hybridized carbons (Fsp3) is 0.714. The minimum Gasteiger partial charge on any atom is -0.382 e. The van der Waals surface area contributed by atoms with Crippen LogP contribution >= 0.6 is 0 Å². The maximum absolute atomic E-state index is 5.82. The molecule has 0 saturated carbocycles. The van der Waals surface area contributed by atoms with E-state index in [0.717, 1.165) is 44.1 Å². The topological polar surface area (TPSA) is 85.5 Å². The first kappa shape index (κ1) is 15.8. The fourth-order valence-corrected chi connectivity index (χ4v) is 2.31. The van der Waals surface area contributed by atoms with Gasteiger partial charge >= 0.3 is 0 Å². The van der Waals surface area contributed by atoms with Crippen LogP contribution < -0.4 is 16.0 Å². The molecular formula is C14H25N5O2. The Hall–Kier alpha value is -1.60. The number of hydrogen-bond donors (Lipinski definition) is 2. The standard InChI is InChI=1S/C14H25N5O2/c1-3-4-5-16-12-8-13(18-14(15)17-12)19-6-7-21-11(9-19)10-20-2/h8,11H,3-7,9-10H2,1-2H3,(H3,15,16,17,18)/t11-/m0/s1. The van der Waals surface area contributed by atoms with Gasteiger partial charge in [0.1, 0.15) is 11.6 Å². The van der Waals surface area contributed by atoms with Gasteiger partial charge in [-0.1, -0.05) is 13.3 Å². The molecule has 1 aliphatic heterocycles. The summed E-state index contributed by atoms with van der Waals surface area (Å²) in [6.45, 7) is 5.84. The molecule has 0 aromatic carbocycles. The molecule has 3 N–H and O–H groups in total. The number of rotatable bonds is 7. The van der Waals surface area contributed by atoms with E-state index < -0.39 is 0 Å². The number of nitrogens with zero attached hydrogens (tertiary/aromatic N) is 3. The van der Waals surface area contributed by atoms with Crippen LogP contribution in [0.15, 0.2) is 6.07 Å². The van der Waals surface area contributed by atoms with Crippen LogP contribution in [0.3, 0.4) is 0 Å². The van der Waals surface area contributed by atoms with Crippen molar-refractivity contribution in [1.82, 2.24) is 9.97 Å². The summed E-state index contributed by atoms with van der Waals surface area (Å²) in [4.78, 5) is 10.7. The third-order valence-electron chi connectivity index (χ3n) is 3.38. The molecule has 0 amide bonds. The van der Waals surface area contributed by atoms with Crippen LogP contribution in [0.5, 0.6) is 0 Å². The number of nitrogens with two attached hydrogens (primary N) is 1. The zero-order chi connectivity index (χ0) is 15.1. The minimum atomic E-state index is 0.0661. The molecule has 0 radical (unpaired) electrons. The Labute approximate surface area is 125 Å². The molecule has 1 aromatic heterocycles. The highest BCUT2D eigenvalue weighted by Crippen LogP contribution is 2.19. The van der Waals surface area contributed by atoms with E-state index in [9.17, 15) is 0 Å². The first-order chi connectivity index (χ1) is 10.2. The van der Waals surface area contributed by atoms with Crippen LogP contribution in [0.1, 0.15) is 19.8 Å². The van der Waals surface area contributed by atoms with Gasteiger partial charge in [-0.3, -0.25) is 0 Å². The molecule has 2 heterocycles. The van der Waals surface area contributed by atoms with E-state index in [2.05, 4.69) is 27.1 Å². The van der Waals surface area contributed by atoms with Gasteiger partial charge in [0.15, 0.2) is 0 Å². The molecule has 0 unspecified atom stereocenters. The third kappa shape index (κ3) is 4.71. The molecule has 118 valence electrons. The summed E-state index contributed by atoms with van der Waals surface area (Å²) in [5, 5.41) is 3.29.